The van der Waals surface area contributed by atoms with Crippen molar-refractivity contribution in [1.29, 1.82) is 0 Å². The van der Waals surface area contributed by atoms with Crippen LogP contribution in [0.1, 0.15) is 63.4 Å². The molecule has 2 saturated carbocycles. The molecule has 0 saturated heterocycles. The molecule has 24 heavy (non-hydrogen) atoms. The summed E-state index contributed by atoms with van der Waals surface area (Å²) in [4.78, 5) is 10.6. The maximum absolute atomic E-state index is 13.3. The van der Waals surface area contributed by atoms with Gasteiger partial charge in [0.15, 0.2) is 11.6 Å². The first-order chi connectivity index (χ1) is 11.7. The van der Waals surface area contributed by atoms with Gasteiger partial charge in [-0.15, -0.1) is 0 Å². The lowest BCUT2D eigenvalue weighted by Gasteiger charge is -2.42. The monoisotopic (exact) mass is 334 g/mol. The quantitative estimate of drug-likeness (QED) is 0.609. The Kier molecular flexibility index (Phi) is 6.02. The summed E-state index contributed by atoms with van der Waals surface area (Å²) in [6, 6.07) is 4.30. The number of halogens is 2. The van der Waals surface area contributed by atoms with E-state index in [4.69, 9.17) is 0 Å². The topological polar surface area (TPSA) is 17.1 Å². The normalized spacial score (nSPS) is 29.9. The third-order valence-corrected chi connectivity index (χ3v) is 6.35. The molecule has 3 heteroatoms. The van der Waals surface area contributed by atoms with Crippen LogP contribution in [0.3, 0.4) is 0 Å². The molecule has 0 heterocycles. The first-order valence-corrected chi connectivity index (χ1v) is 9.53. The number of rotatable bonds is 6. The van der Waals surface area contributed by atoms with Crippen molar-refractivity contribution < 1.29 is 13.6 Å². The van der Waals surface area contributed by atoms with Gasteiger partial charge in [-0.25, -0.2) is 8.78 Å². The Morgan fingerprint density at radius 1 is 0.917 bits per heavy atom. The fourth-order valence-electron chi connectivity index (χ4n) is 4.98. The standard InChI is InChI=1S/C21H28F2O/c22-20-10-7-17(14-21(20)23)4-3-16-6-9-18-12-15(2-1-11-24)5-8-19(18)13-16/h7,10-11,14-16,18-19H,1-6,8-9,12-13H2. The maximum atomic E-state index is 13.3. The molecule has 1 aromatic carbocycles. The fraction of sp³-hybridized carbons (Fsp3) is 0.667. The van der Waals surface area contributed by atoms with Crippen LogP contribution < -0.4 is 0 Å². The van der Waals surface area contributed by atoms with Gasteiger partial charge in [-0.3, -0.25) is 0 Å². The molecular formula is C21H28F2O. The van der Waals surface area contributed by atoms with Crippen molar-refractivity contribution >= 4 is 6.29 Å². The number of aldehydes is 1. The molecule has 4 unspecified atom stereocenters. The smallest absolute Gasteiger partial charge is 0.159 e. The van der Waals surface area contributed by atoms with E-state index in [9.17, 15) is 13.6 Å². The summed E-state index contributed by atoms with van der Waals surface area (Å²) in [6.07, 6.45) is 12.6. The predicted molar refractivity (Wildman–Crippen MR) is 91.6 cm³/mol. The van der Waals surface area contributed by atoms with Crippen LogP contribution in [0.5, 0.6) is 0 Å². The molecule has 0 radical (unpaired) electrons. The van der Waals surface area contributed by atoms with Gasteiger partial charge < -0.3 is 4.79 Å². The zero-order valence-corrected chi connectivity index (χ0v) is 14.4. The average molecular weight is 334 g/mol. The molecule has 1 aromatic rings. The molecule has 0 amide bonds. The van der Waals surface area contributed by atoms with Crippen molar-refractivity contribution in [3.05, 3.63) is 35.4 Å². The first kappa shape index (κ1) is 17.6. The largest absolute Gasteiger partial charge is 0.303 e. The maximum Gasteiger partial charge on any atom is 0.159 e. The Labute approximate surface area is 143 Å². The second-order valence-electron chi connectivity index (χ2n) is 7.91. The van der Waals surface area contributed by atoms with E-state index in [2.05, 4.69) is 0 Å². The number of fused-ring (bicyclic) bond motifs is 1. The highest BCUT2D eigenvalue weighted by atomic mass is 19.2. The van der Waals surface area contributed by atoms with E-state index in [-0.39, 0.29) is 0 Å². The Morgan fingerprint density at radius 3 is 2.21 bits per heavy atom. The molecule has 3 rings (SSSR count). The average Bonchev–Trinajstić information content (AvgIpc) is 2.60. The summed E-state index contributed by atoms with van der Waals surface area (Å²) >= 11 is 0. The number of hydrogen-bond acceptors (Lipinski definition) is 1. The number of benzene rings is 1. The molecule has 0 aromatic heterocycles. The summed E-state index contributed by atoms with van der Waals surface area (Å²) in [7, 11) is 0. The number of carbonyl (C=O) groups is 1. The van der Waals surface area contributed by atoms with Crippen molar-refractivity contribution in [3.8, 4) is 0 Å². The molecule has 0 aliphatic heterocycles. The van der Waals surface area contributed by atoms with Crippen LogP contribution in [0.2, 0.25) is 0 Å². The van der Waals surface area contributed by atoms with Crippen molar-refractivity contribution in [2.75, 3.05) is 0 Å². The Bertz CT molecular complexity index is 557. The molecule has 4 atom stereocenters. The summed E-state index contributed by atoms with van der Waals surface area (Å²) < 4.78 is 26.3. The number of hydrogen-bond donors (Lipinski definition) is 0. The molecule has 0 spiro atoms. The van der Waals surface area contributed by atoms with Crippen LogP contribution in [0.15, 0.2) is 18.2 Å². The van der Waals surface area contributed by atoms with E-state index in [0.29, 0.717) is 0 Å². The first-order valence-electron chi connectivity index (χ1n) is 9.53. The highest BCUT2D eigenvalue weighted by Gasteiger charge is 2.35. The van der Waals surface area contributed by atoms with E-state index in [0.717, 1.165) is 61.2 Å². The van der Waals surface area contributed by atoms with E-state index in [1.54, 1.807) is 6.07 Å². The molecule has 2 aliphatic carbocycles. The Morgan fingerprint density at radius 2 is 1.58 bits per heavy atom. The molecule has 2 fully saturated rings. The van der Waals surface area contributed by atoms with Crippen LogP contribution in [-0.4, -0.2) is 6.29 Å². The summed E-state index contributed by atoms with van der Waals surface area (Å²) in [5.41, 5.74) is 0.911. The lowest BCUT2D eigenvalue weighted by molar-refractivity contribution is -0.108. The minimum Gasteiger partial charge on any atom is -0.303 e. The second kappa shape index (κ2) is 8.22. The van der Waals surface area contributed by atoms with E-state index in [1.807, 2.05) is 0 Å². The molecule has 2 aliphatic rings. The van der Waals surface area contributed by atoms with Crippen LogP contribution in [-0.2, 0) is 11.2 Å². The fourth-order valence-corrected chi connectivity index (χ4v) is 4.98. The van der Waals surface area contributed by atoms with Gasteiger partial charge in [-0.2, -0.15) is 0 Å². The lowest BCUT2D eigenvalue weighted by atomic mass is 9.63. The third kappa shape index (κ3) is 4.43. The van der Waals surface area contributed by atoms with Gasteiger partial charge >= 0.3 is 0 Å². The molecule has 0 N–H and O–H groups in total. The summed E-state index contributed by atoms with van der Waals surface area (Å²) in [6.45, 7) is 0. The highest BCUT2D eigenvalue weighted by molar-refractivity contribution is 5.49. The van der Waals surface area contributed by atoms with Crippen LogP contribution in [0.25, 0.3) is 0 Å². The molecular weight excluding hydrogens is 306 g/mol. The highest BCUT2D eigenvalue weighted by Crippen LogP contribution is 2.46. The van der Waals surface area contributed by atoms with Gasteiger partial charge in [-0.05, 0) is 86.3 Å². The Balaban J connectivity index is 1.46. The zero-order valence-electron chi connectivity index (χ0n) is 14.4. The van der Waals surface area contributed by atoms with Crippen molar-refractivity contribution in [3.63, 3.8) is 0 Å². The molecule has 0 bridgehead atoms. The third-order valence-electron chi connectivity index (χ3n) is 6.35. The lowest BCUT2D eigenvalue weighted by Crippen LogP contribution is -2.31. The zero-order chi connectivity index (χ0) is 16.9. The van der Waals surface area contributed by atoms with Gasteiger partial charge in [0.25, 0.3) is 0 Å². The summed E-state index contributed by atoms with van der Waals surface area (Å²) in [5.74, 6) is 1.70. The van der Waals surface area contributed by atoms with Gasteiger partial charge in [-0.1, -0.05) is 18.9 Å². The van der Waals surface area contributed by atoms with Crippen molar-refractivity contribution in [1.82, 2.24) is 0 Å². The van der Waals surface area contributed by atoms with Crippen LogP contribution in [0, 0.1) is 35.3 Å². The Hall–Kier alpha value is -1.25. The second-order valence-corrected chi connectivity index (χ2v) is 7.91. The van der Waals surface area contributed by atoms with E-state index < -0.39 is 11.6 Å². The van der Waals surface area contributed by atoms with Gasteiger partial charge in [0, 0.05) is 6.42 Å². The minimum absolute atomic E-state index is 0.721. The van der Waals surface area contributed by atoms with Crippen molar-refractivity contribution in [2.45, 2.75) is 64.2 Å². The van der Waals surface area contributed by atoms with Gasteiger partial charge in [0.2, 0.25) is 0 Å². The summed E-state index contributed by atoms with van der Waals surface area (Å²) in [5, 5.41) is 0. The molecule has 1 nitrogen and oxygen atoms in total. The number of carbonyl (C=O) groups excluding carboxylic acids is 1. The van der Waals surface area contributed by atoms with E-state index >= 15 is 0 Å². The minimum atomic E-state index is -0.759. The van der Waals surface area contributed by atoms with Crippen molar-refractivity contribution in [2.24, 2.45) is 23.7 Å². The van der Waals surface area contributed by atoms with Gasteiger partial charge in [0.1, 0.15) is 6.29 Å². The predicted octanol–water partition coefficient (Wildman–Crippen LogP) is 5.71. The SMILES string of the molecule is O=CCCC1CCC2CC(CCc3ccc(F)c(F)c3)CCC2C1. The van der Waals surface area contributed by atoms with Crippen LogP contribution >= 0.6 is 0 Å². The number of aryl methyl sites for hydroxylation is 1. The van der Waals surface area contributed by atoms with E-state index in [1.165, 1.54) is 50.7 Å². The van der Waals surface area contributed by atoms with Gasteiger partial charge in [0.05, 0.1) is 0 Å². The van der Waals surface area contributed by atoms with Crippen LogP contribution in [0.4, 0.5) is 8.78 Å². The molecule has 132 valence electrons.